The molecule has 1 aromatic heterocycles. The Labute approximate surface area is 211 Å². The Morgan fingerprint density at radius 1 is 1.17 bits per heavy atom. The smallest absolute Gasteiger partial charge is 0.295 e. The fraction of sp³-hybridized carbons (Fsp3) is 0.207. The Hall–Kier alpha value is -4.39. The van der Waals surface area contributed by atoms with Crippen LogP contribution in [0.4, 0.5) is 5.69 Å². The van der Waals surface area contributed by atoms with Crippen LogP contribution in [-0.2, 0) is 16.1 Å². The lowest BCUT2D eigenvalue weighted by atomic mass is 9.94. The molecule has 1 aliphatic heterocycles. The monoisotopic (exact) mass is 483 g/mol. The molecule has 1 unspecified atom stereocenters. The molecule has 2 aromatic carbocycles. The number of aromatic nitrogens is 1. The molecule has 36 heavy (non-hydrogen) atoms. The van der Waals surface area contributed by atoms with Crippen molar-refractivity contribution in [2.24, 2.45) is 0 Å². The summed E-state index contributed by atoms with van der Waals surface area (Å²) in [7, 11) is 3.88. The summed E-state index contributed by atoms with van der Waals surface area (Å²) in [4.78, 5) is 34.1. The molecular weight excluding hydrogens is 454 g/mol. The number of ketones is 1. The first-order valence-electron chi connectivity index (χ1n) is 11.6. The quantitative estimate of drug-likeness (QED) is 0.218. The minimum atomic E-state index is -0.751. The zero-order valence-corrected chi connectivity index (χ0v) is 20.6. The first kappa shape index (κ1) is 24.7. The third kappa shape index (κ3) is 4.86. The summed E-state index contributed by atoms with van der Waals surface area (Å²) in [5, 5.41) is 11.4. The van der Waals surface area contributed by atoms with E-state index >= 15 is 0 Å². The molecule has 1 atom stereocenters. The van der Waals surface area contributed by atoms with E-state index in [0.717, 1.165) is 22.4 Å². The number of hydrogen-bond donors (Lipinski definition) is 1. The maximum absolute atomic E-state index is 13.3. The van der Waals surface area contributed by atoms with Crippen molar-refractivity contribution in [1.82, 2.24) is 9.88 Å². The van der Waals surface area contributed by atoms with Gasteiger partial charge >= 0.3 is 0 Å². The van der Waals surface area contributed by atoms with Crippen molar-refractivity contribution in [3.63, 3.8) is 0 Å². The second kappa shape index (κ2) is 10.5. The number of anilines is 1. The van der Waals surface area contributed by atoms with Crippen molar-refractivity contribution in [2.45, 2.75) is 19.5 Å². The predicted octanol–water partition coefficient (Wildman–Crippen LogP) is 4.64. The van der Waals surface area contributed by atoms with E-state index in [9.17, 15) is 14.7 Å². The van der Waals surface area contributed by atoms with Gasteiger partial charge in [-0.25, -0.2) is 0 Å². The molecule has 4 rings (SSSR count). The van der Waals surface area contributed by atoms with Crippen LogP contribution in [0.15, 0.2) is 85.2 Å². The van der Waals surface area contributed by atoms with Crippen molar-refractivity contribution < 1.29 is 19.4 Å². The lowest BCUT2D eigenvalue weighted by molar-refractivity contribution is -0.140. The summed E-state index contributed by atoms with van der Waals surface area (Å²) in [6, 6.07) is 15.7. The van der Waals surface area contributed by atoms with Crippen LogP contribution >= 0.6 is 0 Å². The van der Waals surface area contributed by atoms with E-state index in [1.54, 1.807) is 42.7 Å². The number of benzene rings is 2. The van der Waals surface area contributed by atoms with Crippen molar-refractivity contribution in [3.05, 3.63) is 107 Å². The Bertz CT molecular complexity index is 1310. The van der Waals surface area contributed by atoms with Gasteiger partial charge in [-0.05, 0) is 60.0 Å². The van der Waals surface area contributed by atoms with Gasteiger partial charge < -0.3 is 19.6 Å². The number of carbonyl (C=O) groups is 2. The molecule has 1 aliphatic rings. The molecule has 7 heteroatoms. The largest absolute Gasteiger partial charge is 0.507 e. The lowest BCUT2D eigenvalue weighted by Crippen LogP contribution is -2.29. The van der Waals surface area contributed by atoms with E-state index in [1.807, 2.05) is 56.3 Å². The normalized spacial score (nSPS) is 16.8. The molecule has 1 fully saturated rings. The van der Waals surface area contributed by atoms with E-state index in [4.69, 9.17) is 4.74 Å². The van der Waals surface area contributed by atoms with Gasteiger partial charge in [0.15, 0.2) is 0 Å². The van der Waals surface area contributed by atoms with E-state index in [1.165, 1.54) is 4.90 Å². The van der Waals surface area contributed by atoms with Crippen LogP contribution < -0.4 is 9.64 Å². The van der Waals surface area contributed by atoms with Crippen LogP contribution in [0.1, 0.15) is 28.3 Å². The molecule has 1 amide bonds. The molecule has 184 valence electrons. The van der Waals surface area contributed by atoms with E-state index in [2.05, 4.69) is 11.6 Å². The average molecular weight is 484 g/mol. The molecule has 0 saturated carbocycles. The summed E-state index contributed by atoms with van der Waals surface area (Å²) in [6.45, 7) is 6.05. The topological polar surface area (TPSA) is 83.0 Å². The zero-order chi connectivity index (χ0) is 25.8. The van der Waals surface area contributed by atoms with Crippen LogP contribution in [-0.4, -0.2) is 47.4 Å². The zero-order valence-electron chi connectivity index (χ0n) is 20.6. The van der Waals surface area contributed by atoms with Gasteiger partial charge in [-0.15, -0.1) is 0 Å². The second-order valence-corrected chi connectivity index (χ2v) is 8.85. The number of likely N-dealkylation sites (tertiary alicyclic amines) is 1. The van der Waals surface area contributed by atoms with Gasteiger partial charge in [0, 0.05) is 44.3 Å². The highest BCUT2D eigenvalue weighted by atomic mass is 16.5. The van der Waals surface area contributed by atoms with Crippen molar-refractivity contribution >= 4 is 23.1 Å². The molecule has 0 bridgehead atoms. The minimum Gasteiger partial charge on any atom is -0.507 e. The van der Waals surface area contributed by atoms with Crippen molar-refractivity contribution in [2.75, 3.05) is 25.6 Å². The highest BCUT2D eigenvalue weighted by molar-refractivity contribution is 6.46. The van der Waals surface area contributed by atoms with Gasteiger partial charge in [-0.1, -0.05) is 30.9 Å². The van der Waals surface area contributed by atoms with Crippen molar-refractivity contribution in [1.29, 1.82) is 0 Å². The average Bonchev–Trinajstić information content (AvgIpc) is 3.13. The number of aryl methyl sites for hydroxylation is 1. The fourth-order valence-corrected chi connectivity index (χ4v) is 4.30. The number of amides is 1. The van der Waals surface area contributed by atoms with E-state index < -0.39 is 17.7 Å². The van der Waals surface area contributed by atoms with E-state index in [-0.39, 0.29) is 17.9 Å². The van der Waals surface area contributed by atoms with Crippen LogP contribution in [0.2, 0.25) is 0 Å². The van der Waals surface area contributed by atoms with Gasteiger partial charge in [-0.3, -0.25) is 14.6 Å². The first-order valence-corrected chi connectivity index (χ1v) is 11.6. The third-order valence-electron chi connectivity index (χ3n) is 6.15. The SMILES string of the molecule is C=CCOc1ccc(/C(O)=C2\C(=O)C(=O)N(Cc3cccnc3)C2c2ccc(N(C)C)cc2)cc1C. The van der Waals surface area contributed by atoms with Crippen LogP contribution in [0.25, 0.3) is 5.76 Å². The maximum Gasteiger partial charge on any atom is 0.295 e. The minimum absolute atomic E-state index is 0.0562. The number of hydrogen-bond acceptors (Lipinski definition) is 6. The van der Waals surface area contributed by atoms with E-state index in [0.29, 0.717) is 17.9 Å². The molecule has 1 N–H and O–H groups in total. The second-order valence-electron chi connectivity index (χ2n) is 8.85. The Morgan fingerprint density at radius 3 is 2.53 bits per heavy atom. The standard InChI is InChI=1S/C29H29N3O4/c1-5-15-36-24-13-10-22(16-19(24)2)27(33)25-26(21-8-11-23(12-9-21)31(3)4)32(29(35)28(25)34)18-20-7-6-14-30-17-20/h5-14,16-17,26,33H,1,15,18H2,2-4H3/b27-25+. The molecule has 0 radical (unpaired) electrons. The van der Waals surface area contributed by atoms with Crippen LogP contribution in [0.5, 0.6) is 5.75 Å². The lowest BCUT2D eigenvalue weighted by Gasteiger charge is -2.26. The Kier molecular flexibility index (Phi) is 7.20. The van der Waals surface area contributed by atoms with Gasteiger partial charge in [0.25, 0.3) is 11.7 Å². The molecule has 7 nitrogen and oxygen atoms in total. The summed E-state index contributed by atoms with van der Waals surface area (Å²) in [5.74, 6) is -0.950. The number of carbonyl (C=O) groups excluding carboxylic acids is 2. The van der Waals surface area contributed by atoms with Crippen LogP contribution in [0, 0.1) is 6.92 Å². The van der Waals surface area contributed by atoms with Gasteiger partial charge in [-0.2, -0.15) is 0 Å². The van der Waals surface area contributed by atoms with Gasteiger partial charge in [0.1, 0.15) is 18.1 Å². The first-order chi connectivity index (χ1) is 17.3. The summed E-state index contributed by atoms with van der Waals surface area (Å²) < 4.78 is 5.63. The highest BCUT2D eigenvalue weighted by Crippen LogP contribution is 2.41. The number of ether oxygens (including phenoxy) is 1. The molecular formula is C29H29N3O4. The number of pyridine rings is 1. The predicted molar refractivity (Wildman–Crippen MR) is 140 cm³/mol. The summed E-state index contributed by atoms with van der Waals surface area (Å²) in [5.41, 5.74) is 3.78. The number of aliphatic hydroxyl groups is 1. The number of rotatable bonds is 8. The third-order valence-corrected chi connectivity index (χ3v) is 6.15. The Morgan fingerprint density at radius 2 is 1.92 bits per heavy atom. The van der Waals surface area contributed by atoms with Gasteiger partial charge in [0.2, 0.25) is 0 Å². The summed E-state index contributed by atoms with van der Waals surface area (Å²) >= 11 is 0. The molecule has 0 aliphatic carbocycles. The van der Waals surface area contributed by atoms with Crippen LogP contribution in [0.3, 0.4) is 0 Å². The molecule has 3 aromatic rings. The van der Waals surface area contributed by atoms with Crippen molar-refractivity contribution in [3.8, 4) is 5.75 Å². The molecule has 1 saturated heterocycles. The number of Topliss-reactive ketones (excluding diaryl/α,β-unsaturated/α-hetero) is 1. The number of nitrogens with zero attached hydrogens (tertiary/aromatic N) is 3. The highest BCUT2D eigenvalue weighted by Gasteiger charge is 2.46. The number of aliphatic hydroxyl groups excluding tert-OH is 1. The molecule has 0 spiro atoms. The molecule has 2 heterocycles. The summed E-state index contributed by atoms with van der Waals surface area (Å²) in [6.07, 6.45) is 4.97. The Balaban J connectivity index is 1.82. The fourth-order valence-electron chi connectivity index (χ4n) is 4.30. The maximum atomic E-state index is 13.3. The van der Waals surface area contributed by atoms with Gasteiger partial charge in [0.05, 0.1) is 11.6 Å².